The quantitative estimate of drug-likeness (QED) is 0.780. The second kappa shape index (κ2) is 6.52. The molecule has 0 saturated carbocycles. The van der Waals surface area contributed by atoms with E-state index in [1.807, 2.05) is 26.4 Å². The smallest absolute Gasteiger partial charge is 0.310 e. The summed E-state index contributed by atoms with van der Waals surface area (Å²) >= 11 is 5.11. The maximum atomic E-state index is 11.8. The molecule has 17 heavy (non-hydrogen) atoms. The molecule has 1 rings (SSSR count). The maximum absolute atomic E-state index is 11.8. The van der Waals surface area contributed by atoms with Gasteiger partial charge in [0, 0.05) is 14.7 Å². The molecule has 96 valence electrons. The van der Waals surface area contributed by atoms with Crippen LogP contribution in [-0.2, 0) is 9.53 Å². The third kappa shape index (κ3) is 3.53. The molecule has 0 saturated heterocycles. The zero-order valence-electron chi connectivity index (χ0n) is 10.6. The van der Waals surface area contributed by atoms with Crippen molar-refractivity contribution in [2.75, 3.05) is 21.2 Å². The van der Waals surface area contributed by atoms with E-state index in [-0.39, 0.29) is 17.9 Å². The van der Waals surface area contributed by atoms with Gasteiger partial charge in [0.2, 0.25) is 0 Å². The number of methoxy groups -OCH3 is 1. The van der Waals surface area contributed by atoms with Crippen molar-refractivity contribution in [3.05, 3.63) is 20.8 Å². The first-order valence-corrected chi connectivity index (χ1v) is 7.16. The fraction of sp³-hybridized carbons (Fsp3) is 0.583. The zero-order chi connectivity index (χ0) is 13.0. The van der Waals surface area contributed by atoms with Crippen molar-refractivity contribution < 1.29 is 9.53 Å². The van der Waals surface area contributed by atoms with Gasteiger partial charge in [0.1, 0.15) is 0 Å². The van der Waals surface area contributed by atoms with E-state index in [0.29, 0.717) is 0 Å². The second-order valence-electron chi connectivity index (χ2n) is 4.11. The van der Waals surface area contributed by atoms with E-state index >= 15 is 0 Å². The minimum Gasteiger partial charge on any atom is -0.469 e. The average molecular weight is 320 g/mol. The molecule has 0 aliphatic carbocycles. The first-order chi connectivity index (χ1) is 8.01. The van der Waals surface area contributed by atoms with Gasteiger partial charge in [-0.3, -0.25) is 4.79 Å². The van der Waals surface area contributed by atoms with Crippen LogP contribution < -0.4 is 0 Å². The lowest BCUT2D eigenvalue weighted by atomic mass is 9.95. The number of carbonyl (C=O) groups is 1. The molecule has 0 aliphatic heterocycles. The highest BCUT2D eigenvalue weighted by atomic mass is 79.9. The Morgan fingerprint density at radius 2 is 2.24 bits per heavy atom. The van der Waals surface area contributed by atoms with E-state index in [9.17, 15) is 4.79 Å². The lowest BCUT2D eigenvalue weighted by Gasteiger charge is -2.29. The molecular formula is C12H18BrNO2S. The fourth-order valence-electron chi connectivity index (χ4n) is 1.97. The molecule has 0 fully saturated rings. The lowest BCUT2D eigenvalue weighted by molar-refractivity contribution is -0.147. The Morgan fingerprint density at radius 1 is 1.59 bits per heavy atom. The van der Waals surface area contributed by atoms with Gasteiger partial charge in [0.25, 0.3) is 0 Å². The largest absolute Gasteiger partial charge is 0.469 e. The van der Waals surface area contributed by atoms with Crippen molar-refractivity contribution in [2.45, 2.75) is 19.4 Å². The van der Waals surface area contributed by atoms with Crippen LogP contribution in [0.2, 0.25) is 0 Å². The molecule has 3 nitrogen and oxygen atoms in total. The third-order valence-electron chi connectivity index (χ3n) is 2.76. The van der Waals surface area contributed by atoms with Crippen molar-refractivity contribution in [2.24, 2.45) is 5.92 Å². The molecule has 1 aromatic rings. The van der Waals surface area contributed by atoms with Crippen LogP contribution in [0.15, 0.2) is 15.9 Å². The summed E-state index contributed by atoms with van der Waals surface area (Å²) < 4.78 is 5.95. The van der Waals surface area contributed by atoms with Gasteiger partial charge in [-0.05, 0) is 42.5 Å². The molecular weight excluding hydrogens is 302 g/mol. The van der Waals surface area contributed by atoms with Gasteiger partial charge in [-0.15, -0.1) is 11.3 Å². The molecule has 1 aromatic heterocycles. The van der Waals surface area contributed by atoms with E-state index < -0.39 is 0 Å². The highest BCUT2D eigenvalue weighted by Gasteiger charge is 2.31. The maximum Gasteiger partial charge on any atom is 0.310 e. The van der Waals surface area contributed by atoms with Gasteiger partial charge in [-0.1, -0.05) is 6.92 Å². The molecule has 2 atom stereocenters. The summed E-state index contributed by atoms with van der Waals surface area (Å²) in [6, 6.07) is 2.14. The van der Waals surface area contributed by atoms with Crippen LogP contribution in [0, 0.1) is 5.92 Å². The lowest BCUT2D eigenvalue weighted by Crippen LogP contribution is -2.32. The molecule has 0 bridgehead atoms. The summed E-state index contributed by atoms with van der Waals surface area (Å²) in [5.41, 5.74) is 0. The molecule has 5 heteroatoms. The van der Waals surface area contributed by atoms with Crippen molar-refractivity contribution in [1.82, 2.24) is 4.90 Å². The molecule has 0 radical (unpaired) electrons. The number of thiophene rings is 1. The molecule has 0 N–H and O–H groups in total. The van der Waals surface area contributed by atoms with E-state index in [2.05, 4.69) is 26.9 Å². The van der Waals surface area contributed by atoms with Crippen LogP contribution in [-0.4, -0.2) is 32.1 Å². The van der Waals surface area contributed by atoms with Crippen LogP contribution in [0.25, 0.3) is 0 Å². The number of rotatable bonds is 5. The number of hydrogen-bond acceptors (Lipinski definition) is 4. The predicted octanol–water partition coefficient (Wildman–Crippen LogP) is 3.31. The highest BCUT2D eigenvalue weighted by molar-refractivity contribution is 9.10. The SMILES string of the molecule is CCC(C(=O)OC)C(c1cc(Br)cs1)N(C)C. The van der Waals surface area contributed by atoms with Crippen LogP contribution in [0.3, 0.4) is 0 Å². The Balaban J connectivity index is 3.03. The van der Waals surface area contributed by atoms with Gasteiger partial charge in [0.15, 0.2) is 0 Å². The van der Waals surface area contributed by atoms with Crippen molar-refractivity contribution in [3.63, 3.8) is 0 Å². The molecule has 0 spiro atoms. The van der Waals surface area contributed by atoms with Gasteiger partial charge < -0.3 is 9.64 Å². The first kappa shape index (κ1) is 14.7. The number of hydrogen-bond donors (Lipinski definition) is 0. The third-order valence-corrected chi connectivity index (χ3v) is 4.52. The van der Waals surface area contributed by atoms with Crippen LogP contribution >= 0.6 is 27.3 Å². The summed E-state index contributed by atoms with van der Waals surface area (Å²) in [6.07, 6.45) is 0.769. The van der Waals surface area contributed by atoms with Crippen molar-refractivity contribution in [1.29, 1.82) is 0 Å². The van der Waals surface area contributed by atoms with Crippen LogP contribution in [0.1, 0.15) is 24.3 Å². The molecule has 0 aliphatic rings. The number of esters is 1. The minimum atomic E-state index is -0.143. The van der Waals surface area contributed by atoms with Crippen LogP contribution in [0.5, 0.6) is 0 Å². The Kier molecular flexibility index (Phi) is 5.62. The number of halogens is 1. The average Bonchev–Trinajstić information content (AvgIpc) is 2.70. The normalized spacial score (nSPS) is 14.7. The monoisotopic (exact) mass is 319 g/mol. The van der Waals surface area contributed by atoms with Crippen molar-refractivity contribution in [3.8, 4) is 0 Å². The zero-order valence-corrected chi connectivity index (χ0v) is 13.0. The Morgan fingerprint density at radius 3 is 2.59 bits per heavy atom. The van der Waals surface area contributed by atoms with E-state index in [1.54, 1.807) is 11.3 Å². The Hall–Kier alpha value is -0.390. The Bertz CT molecular complexity index is 378. The molecule has 2 unspecified atom stereocenters. The number of carbonyl (C=O) groups excluding carboxylic acids is 1. The fourth-order valence-corrected chi connectivity index (χ4v) is 3.67. The number of nitrogens with zero attached hydrogens (tertiary/aromatic N) is 1. The highest BCUT2D eigenvalue weighted by Crippen LogP contribution is 2.35. The van der Waals surface area contributed by atoms with Crippen molar-refractivity contribution >= 4 is 33.2 Å². The molecule has 1 heterocycles. The predicted molar refractivity (Wildman–Crippen MR) is 74.2 cm³/mol. The summed E-state index contributed by atoms with van der Waals surface area (Å²) in [5.74, 6) is -0.267. The Labute approximate surface area is 115 Å². The van der Waals surface area contributed by atoms with Crippen LogP contribution in [0.4, 0.5) is 0 Å². The summed E-state index contributed by atoms with van der Waals surface area (Å²) in [7, 11) is 5.43. The van der Waals surface area contributed by atoms with Gasteiger partial charge in [-0.2, -0.15) is 0 Å². The summed E-state index contributed by atoms with van der Waals surface area (Å²) in [4.78, 5) is 15.1. The van der Waals surface area contributed by atoms with Gasteiger partial charge in [0.05, 0.1) is 19.1 Å². The number of ether oxygens (including phenoxy) is 1. The first-order valence-electron chi connectivity index (χ1n) is 5.49. The summed E-state index contributed by atoms with van der Waals surface area (Å²) in [6.45, 7) is 2.01. The molecule has 0 aromatic carbocycles. The second-order valence-corrected chi connectivity index (χ2v) is 5.97. The van der Waals surface area contributed by atoms with E-state index in [4.69, 9.17) is 4.74 Å². The molecule has 0 amide bonds. The van der Waals surface area contributed by atoms with Gasteiger partial charge in [-0.25, -0.2) is 0 Å². The summed E-state index contributed by atoms with van der Waals surface area (Å²) in [5, 5.41) is 2.04. The topological polar surface area (TPSA) is 29.5 Å². The van der Waals surface area contributed by atoms with E-state index in [0.717, 1.165) is 10.9 Å². The van der Waals surface area contributed by atoms with Gasteiger partial charge >= 0.3 is 5.97 Å². The minimum absolute atomic E-state index is 0.0729. The standard InChI is InChI=1S/C12H18BrNO2S/c1-5-9(12(15)16-4)11(14(2)3)10-6-8(13)7-17-10/h6-7,9,11H,5H2,1-4H3. The van der Waals surface area contributed by atoms with E-state index in [1.165, 1.54) is 12.0 Å².